The molecule has 2 fully saturated rings. The number of allylic oxidation sites excluding steroid dienone is 1. The predicted octanol–water partition coefficient (Wildman–Crippen LogP) is 3.05. The fourth-order valence-corrected chi connectivity index (χ4v) is 4.44. The van der Waals surface area contributed by atoms with Crippen molar-refractivity contribution in [2.75, 3.05) is 0 Å². The minimum atomic E-state index is 0.145. The second kappa shape index (κ2) is 3.13. The van der Waals surface area contributed by atoms with E-state index in [9.17, 15) is 4.79 Å². The van der Waals surface area contributed by atoms with E-state index < -0.39 is 0 Å². The second-order valence-corrected chi connectivity index (χ2v) is 7.17. The van der Waals surface area contributed by atoms with Gasteiger partial charge in [0.25, 0.3) is 0 Å². The summed E-state index contributed by atoms with van der Waals surface area (Å²) in [5.74, 6) is 1.42. The average molecular weight is 210 g/mol. The fraction of sp³-hybridized carbons (Fsp3) is 0.750. The van der Waals surface area contributed by atoms with Crippen LogP contribution in [0.15, 0.2) is 12.2 Å². The monoisotopic (exact) mass is 210 g/mol. The van der Waals surface area contributed by atoms with E-state index in [1.807, 2.05) is 11.8 Å². The summed E-state index contributed by atoms with van der Waals surface area (Å²) >= 11 is 2.00. The largest absolute Gasteiger partial charge is 0.299 e. The first kappa shape index (κ1) is 10.3. The van der Waals surface area contributed by atoms with Gasteiger partial charge in [-0.05, 0) is 19.3 Å². The van der Waals surface area contributed by atoms with Gasteiger partial charge in [-0.1, -0.05) is 26.0 Å². The first-order valence-corrected chi connectivity index (χ1v) is 6.14. The van der Waals surface area contributed by atoms with Crippen molar-refractivity contribution in [3.63, 3.8) is 0 Å². The van der Waals surface area contributed by atoms with Crippen LogP contribution in [0, 0.1) is 11.8 Å². The molecular formula is C12H18OS. The number of rotatable bonds is 1. The number of carbonyl (C=O) groups excluding carboxylic acids is 1. The van der Waals surface area contributed by atoms with E-state index in [0.717, 1.165) is 12.8 Å². The van der Waals surface area contributed by atoms with Gasteiger partial charge in [-0.15, -0.1) is 0 Å². The summed E-state index contributed by atoms with van der Waals surface area (Å²) < 4.78 is 0.145. The Morgan fingerprint density at radius 2 is 2.21 bits per heavy atom. The molecule has 1 saturated carbocycles. The molecule has 1 heterocycles. The van der Waals surface area contributed by atoms with Crippen molar-refractivity contribution in [2.24, 2.45) is 11.8 Å². The highest BCUT2D eigenvalue weighted by molar-refractivity contribution is 8.01. The zero-order valence-corrected chi connectivity index (χ0v) is 9.99. The third-order valence-electron chi connectivity index (χ3n) is 3.40. The zero-order valence-electron chi connectivity index (χ0n) is 9.17. The van der Waals surface area contributed by atoms with Crippen molar-refractivity contribution in [1.29, 1.82) is 0 Å². The van der Waals surface area contributed by atoms with Crippen LogP contribution in [-0.4, -0.2) is 15.8 Å². The maximum Gasteiger partial charge on any atom is 0.138 e. The molecule has 0 aromatic rings. The van der Waals surface area contributed by atoms with Gasteiger partial charge in [-0.3, -0.25) is 4.79 Å². The van der Waals surface area contributed by atoms with Crippen LogP contribution in [0.3, 0.4) is 0 Å². The van der Waals surface area contributed by atoms with Gasteiger partial charge in [0.1, 0.15) is 5.78 Å². The van der Waals surface area contributed by atoms with Crippen LogP contribution in [-0.2, 0) is 4.79 Å². The van der Waals surface area contributed by atoms with Gasteiger partial charge in [0.15, 0.2) is 0 Å². The highest BCUT2D eigenvalue weighted by Crippen LogP contribution is 2.55. The molecule has 0 N–H and O–H groups in total. The molecule has 2 aliphatic rings. The Hall–Kier alpha value is -0.240. The van der Waals surface area contributed by atoms with E-state index >= 15 is 0 Å². The van der Waals surface area contributed by atoms with Gasteiger partial charge in [0, 0.05) is 22.3 Å². The molecule has 1 saturated heterocycles. The molecule has 3 atom stereocenters. The molecule has 0 aromatic carbocycles. The van der Waals surface area contributed by atoms with Crippen molar-refractivity contribution in [2.45, 2.75) is 43.6 Å². The summed E-state index contributed by atoms with van der Waals surface area (Å²) in [6, 6.07) is 0. The highest BCUT2D eigenvalue weighted by atomic mass is 32.2. The van der Waals surface area contributed by atoms with Crippen molar-refractivity contribution < 1.29 is 4.79 Å². The van der Waals surface area contributed by atoms with Gasteiger partial charge in [0.2, 0.25) is 0 Å². The molecule has 78 valence electrons. The SMILES string of the molecule is C=C(C)[C@@H]1C[C@@H]2C(=O)CC(C)(C)S[C@H]21. The molecule has 0 unspecified atom stereocenters. The van der Waals surface area contributed by atoms with Gasteiger partial charge < -0.3 is 0 Å². The third-order valence-corrected chi connectivity index (χ3v) is 5.11. The number of ketones is 1. The Bertz CT molecular complexity index is 289. The molecule has 0 radical (unpaired) electrons. The van der Waals surface area contributed by atoms with Crippen molar-refractivity contribution in [3.05, 3.63) is 12.2 Å². The van der Waals surface area contributed by atoms with Crippen LogP contribution < -0.4 is 0 Å². The Morgan fingerprint density at radius 3 is 2.79 bits per heavy atom. The second-order valence-electron chi connectivity index (χ2n) is 5.28. The molecule has 1 aliphatic carbocycles. The standard InChI is InChI=1S/C12H18OS/c1-7(2)8-5-9-10(13)6-12(3,4)14-11(8)9/h8-9,11H,1,5-6H2,2-4H3/t8-,9+,11-/m0/s1. The minimum Gasteiger partial charge on any atom is -0.299 e. The molecule has 0 spiro atoms. The Balaban J connectivity index is 2.13. The summed E-state index contributed by atoms with van der Waals surface area (Å²) in [4.78, 5) is 11.8. The van der Waals surface area contributed by atoms with Gasteiger partial charge >= 0.3 is 0 Å². The van der Waals surface area contributed by atoms with Crippen LogP contribution >= 0.6 is 11.8 Å². The number of Topliss-reactive ketones (excluding diaryl/α,β-unsaturated/α-hetero) is 1. The summed E-state index contributed by atoms with van der Waals surface area (Å²) in [6.45, 7) is 10.5. The lowest BCUT2D eigenvalue weighted by atomic mass is 9.68. The molecular weight excluding hydrogens is 192 g/mol. The summed E-state index contributed by atoms with van der Waals surface area (Å²) in [5, 5.41) is 0.531. The van der Waals surface area contributed by atoms with Crippen LogP contribution in [0.5, 0.6) is 0 Å². The number of hydrogen-bond donors (Lipinski definition) is 0. The predicted molar refractivity (Wildman–Crippen MR) is 61.5 cm³/mol. The van der Waals surface area contributed by atoms with Gasteiger partial charge in [-0.25, -0.2) is 0 Å². The molecule has 1 nitrogen and oxygen atoms in total. The van der Waals surface area contributed by atoms with E-state index in [4.69, 9.17) is 0 Å². The maximum absolute atomic E-state index is 11.8. The van der Waals surface area contributed by atoms with Crippen LogP contribution in [0.4, 0.5) is 0 Å². The zero-order chi connectivity index (χ0) is 10.5. The quantitative estimate of drug-likeness (QED) is 0.619. The number of carbonyl (C=O) groups is 1. The number of hydrogen-bond acceptors (Lipinski definition) is 2. The first-order valence-electron chi connectivity index (χ1n) is 5.27. The smallest absolute Gasteiger partial charge is 0.138 e. The molecule has 1 aliphatic heterocycles. The molecule has 0 aromatic heterocycles. The van der Waals surface area contributed by atoms with Crippen LogP contribution in [0.1, 0.15) is 33.6 Å². The Kier molecular flexibility index (Phi) is 2.30. The van der Waals surface area contributed by atoms with E-state index in [-0.39, 0.29) is 4.75 Å². The van der Waals surface area contributed by atoms with Crippen LogP contribution in [0.2, 0.25) is 0 Å². The van der Waals surface area contributed by atoms with E-state index in [2.05, 4.69) is 27.4 Å². The number of thioether (sulfide) groups is 1. The van der Waals surface area contributed by atoms with E-state index in [1.54, 1.807) is 0 Å². The minimum absolute atomic E-state index is 0.145. The van der Waals surface area contributed by atoms with Gasteiger partial charge in [-0.2, -0.15) is 11.8 Å². The van der Waals surface area contributed by atoms with Crippen molar-refractivity contribution >= 4 is 17.5 Å². The molecule has 2 rings (SSSR count). The average Bonchev–Trinajstić information content (AvgIpc) is 1.94. The van der Waals surface area contributed by atoms with Crippen LogP contribution in [0.25, 0.3) is 0 Å². The van der Waals surface area contributed by atoms with E-state index in [1.165, 1.54) is 5.57 Å². The van der Waals surface area contributed by atoms with Crippen molar-refractivity contribution in [3.8, 4) is 0 Å². The highest BCUT2D eigenvalue weighted by Gasteiger charge is 2.51. The third kappa shape index (κ3) is 1.54. The lowest BCUT2D eigenvalue weighted by molar-refractivity contribution is -0.127. The number of fused-ring (bicyclic) bond motifs is 1. The first-order chi connectivity index (χ1) is 6.41. The molecule has 0 bridgehead atoms. The maximum atomic E-state index is 11.8. The molecule has 0 amide bonds. The Morgan fingerprint density at radius 1 is 1.57 bits per heavy atom. The fourth-order valence-electron chi connectivity index (χ4n) is 2.55. The lowest BCUT2D eigenvalue weighted by Crippen LogP contribution is -2.51. The van der Waals surface area contributed by atoms with Gasteiger partial charge in [0.05, 0.1) is 0 Å². The Labute approximate surface area is 90.3 Å². The summed E-state index contributed by atoms with van der Waals surface area (Å²) in [5.41, 5.74) is 1.25. The topological polar surface area (TPSA) is 17.1 Å². The lowest BCUT2D eigenvalue weighted by Gasteiger charge is -2.51. The molecule has 2 heteroatoms. The normalized spacial score (nSPS) is 39.9. The van der Waals surface area contributed by atoms with E-state index in [0.29, 0.717) is 22.9 Å². The summed E-state index contributed by atoms with van der Waals surface area (Å²) in [7, 11) is 0. The molecule has 14 heavy (non-hydrogen) atoms. The summed E-state index contributed by atoms with van der Waals surface area (Å²) in [6.07, 6.45) is 1.81. The van der Waals surface area contributed by atoms with Crippen molar-refractivity contribution in [1.82, 2.24) is 0 Å².